The highest BCUT2D eigenvalue weighted by Crippen LogP contribution is 2.21. The van der Waals surface area contributed by atoms with Crippen LogP contribution >= 0.6 is 24.0 Å². The van der Waals surface area contributed by atoms with Crippen LogP contribution < -0.4 is 20.7 Å². The van der Waals surface area contributed by atoms with E-state index in [2.05, 4.69) is 39.2 Å². The maximum Gasteiger partial charge on any atom is 0.193 e. The van der Waals surface area contributed by atoms with Crippen LogP contribution in [0, 0.1) is 5.92 Å². The van der Waals surface area contributed by atoms with Crippen molar-refractivity contribution < 1.29 is 4.74 Å². The average molecular weight is 481 g/mol. The molecule has 7 heteroatoms. The van der Waals surface area contributed by atoms with Crippen LogP contribution in [0.5, 0.6) is 5.75 Å². The van der Waals surface area contributed by atoms with E-state index in [4.69, 9.17) is 10.5 Å². The lowest BCUT2D eigenvalue weighted by Gasteiger charge is -2.31. The number of aliphatic imine (C=N–C) groups is 1. The number of anilines is 2. The summed E-state index contributed by atoms with van der Waals surface area (Å²) < 4.78 is 5.14. The highest BCUT2D eigenvalue weighted by molar-refractivity contribution is 14.0. The number of nitrogens with two attached hydrogens (primary N) is 1. The molecule has 6 nitrogen and oxygen atoms in total. The van der Waals surface area contributed by atoms with Crippen molar-refractivity contribution in [2.24, 2.45) is 16.6 Å². The van der Waals surface area contributed by atoms with Gasteiger partial charge in [0.1, 0.15) is 11.6 Å². The fraction of sp³-hybridized carbons (Fsp3) is 0.400. The number of pyridine rings is 1. The van der Waals surface area contributed by atoms with E-state index in [0.29, 0.717) is 12.5 Å². The van der Waals surface area contributed by atoms with E-state index >= 15 is 0 Å². The molecule has 0 radical (unpaired) electrons. The molecule has 3 rings (SSSR count). The minimum Gasteiger partial charge on any atom is -0.497 e. The Kier molecular flexibility index (Phi) is 8.15. The molecule has 0 aliphatic carbocycles. The first kappa shape index (κ1) is 21.3. The molecule has 1 aromatic heterocycles. The predicted octanol–water partition coefficient (Wildman–Crippen LogP) is 3.87. The van der Waals surface area contributed by atoms with E-state index in [0.717, 1.165) is 41.8 Å². The zero-order valence-corrected chi connectivity index (χ0v) is 18.2. The van der Waals surface area contributed by atoms with Gasteiger partial charge in [0.05, 0.1) is 13.7 Å². The van der Waals surface area contributed by atoms with E-state index in [1.54, 1.807) is 7.11 Å². The van der Waals surface area contributed by atoms with Crippen LogP contribution in [0.25, 0.3) is 0 Å². The van der Waals surface area contributed by atoms with Gasteiger partial charge in [0, 0.05) is 25.0 Å². The lowest BCUT2D eigenvalue weighted by molar-refractivity contribution is 0.415. The molecule has 0 atom stereocenters. The molecule has 27 heavy (non-hydrogen) atoms. The van der Waals surface area contributed by atoms with Crippen LogP contribution in [0.2, 0.25) is 0 Å². The van der Waals surface area contributed by atoms with Gasteiger partial charge in [0.15, 0.2) is 5.96 Å². The third kappa shape index (κ3) is 6.27. The highest BCUT2D eigenvalue weighted by atomic mass is 127. The number of halogens is 1. The third-order valence-electron chi connectivity index (χ3n) is 4.71. The number of methoxy groups -OCH3 is 1. The number of nitrogens with zero attached hydrogens (tertiary/aromatic N) is 3. The molecule has 2 heterocycles. The van der Waals surface area contributed by atoms with Crippen molar-refractivity contribution in [3.63, 3.8) is 0 Å². The summed E-state index contributed by atoms with van der Waals surface area (Å²) in [5, 5.41) is 3.07. The normalized spacial score (nSPS) is 15.2. The summed E-state index contributed by atoms with van der Waals surface area (Å²) in [4.78, 5) is 11.3. The smallest absolute Gasteiger partial charge is 0.193 e. The molecule has 1 saturated heterocycles. The lowest BCUT2D eigenvalue weighted by Crippen LogP contribution is -2.33. The van der Waals surface area contributed by atoms with Crippen molar-refractivity contribution in [2.75, 3.05) is 30.4 Å². The average Bonchev–Trinajstić information content (AvgIpc) is 2.68. The molecular weight excluding hydrogens is 453 g/mol. The van der Waals surface area contributed by atoms with Crippen molar-refractivity contribution in [1.82, 2.24) is 4.98 Å². The zero-order chi connectivity index (χ0) is 18.4. The Morgan fingerprint density at radius 2 is 1.93 bits per heavy atom. The molecule has 0 amide bonds. The summed E-state index contributed by atoms with van der Waals surface area (Å²) in [5.74, 6) is 3.06. The molecule has 0 spiro atoms. The number of piperidine rings is 1. The van der Waals surface area contributed by atoms with Crippen LogP contribution in [0.3, 0.4) is 0 Å². The molecule has 2 aromatic rings. The second-order valence-corrected chi connectivity index (χ2v) is 6.75. The highest BCUT2D eigenvalue weighted by Gasteiger charge is 2.16. The number of nitrogens with one attached hydrogen (secondary N) is 1. The third-order valence-corrected chi connectivity index (χ3v) is 4.71. The second kappa shape index (κ2) is 10.3. The summed E-state index contributed by atoms with van der Waals surface area (Å²) in [6.45, 7) is 4.99. The quantitative estimate of drug-likeness (QED) is 0.385. The zero-order valence-electron chi connectivity index (χ0n) is 15.9. The lowest BCUT2D eigenvalue weighted by atomic mass is 9.99. The Hall–Kier alpha value is -2.03. The largest absolute Gasteiger partial charge is 0.497 e. The number of hydrogen-bond acceptors (Lipinski definition) is 4. The fourth-order valence-electron chi connectivity index (χ4n) is 2.97. The Labute approximate surface area is 178 Å². The van der Waals surface area contributed by atoms with Crippen molar-refractivity contribution in [2.45, 2.75) is 26.3 Å². The van der Waals surface area contributed by atoms with Gasteiger partial charge in [-0.05, 0) is 54.7 Å². The van der Waals surface area contributed by atoms with Crippen LogP contribution in [-0.4, -0.2) is 31.1 Å². The summed E-state index contributed by atoms with van der Waals surface area (Å²) in [5.41, 5.74) is 7.88. The van der Waals surface area contributed by atoms with E-state index in [9.17, 15) is 0 Å². The van der Waals surface area contributed by atoms with Crippen LogP contribution in [-0.2, 0) is 6.54 Å². The second-order valence-electron chi connectivity index (χ2n) is 6.75. The predicted molar refractivity (Wildman–Crippen MR) is 122 cm³/mol. The van der Waals surface area contributed by atoms with E-state index in [1.807, 2.05) is 30.5 Å². The molecule has 1 aliphatic rings. The van der Waals surface area contributed by atoms with Crippen molar-refractivity contribution in [3.05, 3.63) is 48.2 Å². The number of hydrogen-bond donors (Lipinski definition) is 2. The van der Waals surface area contributed by atoms with Gasteiger partial charge in [-0.1, -0.05) is 13.0 Å². The Morgan fingerprint density at radius 3 is 2.52 bits per heavy atom. The van der Waals surface area contributed by atoms with Gasteiger partial charge in [-0.3, -0.25) is 0 Å². The molecule has 0 saturated carbocycles. The van der Waals surface area contributed by atoms with Crippen LogP contribution in [0.4, 0.5) is 11.5 Å². The Balaban J connectivity index is 0.00000261. The van der Waals surface area contributed by atoms with E-state index in [1.165, 1.54) is 12.8 Å². The Morgan fingerprint density at radius 1 is 1.22 bits per heavy atom. The number of guanidine groups is 1. The van der Waals surface area contributed by atoms with Gasteiger partial charge >= 0.3 is 0 Å². The first-order valence-electron chi connectivity index (χ1n) is 9.05. The summed E-state index contributed by atoms with van der Waals surface area (Å²) >= 11 is 0. The fourth-order valence-corrected chi connectivity index (χ4v) is 2.97. The standard InChI is InChI=1S/C20H27N5O.HI/c1-15-9-11-25(12-10-15)19-8-3-16(13-22-19)14-23-20(21)24-17-4-6-18(26-2)7-5-17;/h3-8,13,15H,9-12,14H2,1-2H3,(H3,21,23,24);1H. The first-order valence-corrected chi connectivity index (χ1v) is 9.05. The number of rotatable bonds is 5. The maximum absolute atomic E-state index is 5.96. The van der Waals surface area contributed by atoms with Crippen molar-refractivity contribution in [3.8, 4) is 5.75 Å². The Bertz CT molecular complexity index is 725. The molecule has 1 fully saturated rings. The SMILES string of the molecule is COc1ccc(NC(N)=NCc2ccc(N3CCC(C)CC3)nc2)cc1.I. The molecule has 3 N–H and O–H groups in total. The first-order chi connectivity index (χ1) is 12.6. The number of ether oxygens (including phenoxy) is 1. The monoisotopic (exact) mass is 481 g/mol. The van der Waals surface area contributed by atoms with Gasteiger partial charge < -0.3 is 20.7 Å². The van der Waals surface area contributed by atoms with Gasteiger partial charge in [0.25, 0.3) is 0 Å². The van der Waals surface area contributed by atoms with Gasteiger partial charge in [-0.15, -0.1) is 24.0 Å². The maximum atomic E-state index is 5.96. The van der Waals surface area contributed by atoms with E-state index in [-0.39, 0.29) is 24.0 Å². The molecule has 0 unspecified atom stereocenters. The molecular formula is C20H28IN5O. The van der Waals surface area contributed by atoms with Crippen molar-refractivity contribution in [1.29, 1.82) is 0 Å². The topological polar surface area (TPSA) is 75.8 Å². The van der Waals surface area contributed by atoms with Gasteiger partial charge in [-0.25, -0.2) is 9.98 Å². The number of benzene rings is 1. The molecule has 146 valence electrons. The molecule has 0 bridgehead atoms. The minimum absolute atomic E-state index is 0. The van der Waals surface area contributed by atoms with E-state index < -0.39 is 0 Å². The van der Waals surface area contributed by atoms with Crippen LogP contribution in [0.1, 0.15) is 25.3 Å². The minimum atomic E-state index is 0. The summed E-state index contributed by atoms with van der Waals surface area (Å²) in [6, 6.07) is 11.7. The van der Waals surface area contributed by atoms with Gasteiger partial charge in [0.2, 0.25) is 0 Å². The molecule has 1 aromatic carbocycles. The summed E-state index contributed by atoms with van der Waals surface area (Å²) in [6.07, 6.45) is 4.36. The molecule has 1 aliphatic heterocycles. The van der Waals surface area contributed by atoms with Crippen LogP contribution in [0.15, 0.2) is 47.6 Å². The van der Waals surface area contributed by atoms with Crippen molar-refractivity contribution >= 4 is 41.4 Å². The van der Waals surface area contributed by atoms with Gasteiger partial charge in [-0.2, -0.15) is 0 Å². The number of aromatic nitrogens is 1. The summed E-state index contributed by atoms with van der Waals surface area (Å²) in [7, 11) is 1.64.